The summed E-state index contributed by atoms with van der Waals surface area (Å²) in [5, 5.41) is 21.6. The molecule has 0 aliphatic carbocycles. The molecule has 0 radical (unpaired) electrons. The van der Waals surface area contributed by atoms with E-state index in [2.05, 4.69) is 6.92 Å². The molecule has 156 valence electrons. The fraction of sp³-hybridized carbons (Fsp3) is 0.208. The highest BCUT2D eigenvalue weighted by Gasteiger charge is 2.48. The molecular formula is C24H20N2O5. The maximum atomic E-state index is 13.3. The van der Waals surface area contributed by atoms with Crippen molar-refractivity contribution in [2.45, 2.75) is 18.9 Å². The number of ether oxygens (including phenoxy) is 1. The number of non-ortho nitro benzene ring substituents is 1. The van der Waals surface area contributed by atoms with Gasteiger partial charge in [-0.2, -0.15) is 0 Å². The molecule has 0 fully saturated rings. The summed E-state index contributed by atoms with van der Waals surface area (Å²) in [6, 6.07) is 17.2. The Balaban J connectivity index is 1.77. The number of nitro groups is 1. The number of hydrogen-bond donors (Lipinski definition) is 1. The van der Waals surface area contributed by atoms with Gasteiger partial charge in [0.05, 0.1) is 18.1 Å². The number of phenols is 1. The molecule has 0 aromatic heterocycles. The van der Waals surface area contributed by atoms with E-state index in [1.54, 1.807) is 35.2 Å². The number of amides is 1. The van der Waals surface area contributed by atoms with Crippen LogP contribution >= 0.6 is 0 Å². The molecule has 2 aliphatic heterocycles. The van der Waals surface area contributed by atoms with Crippen molar-refractivity contribution >= 4 is 17.3 Å². The summed E-state index contributed by atoms with van der Waals surface area (Å²) in [6.07, 6.45) is 0. The molecule has 3 aromatic rings. The van der Waals surface area contributed by atoms with Gasteiger partial charge in [0, 0.05) is 29.3 Å². The molecule has 0 bridgehead atoms. The first-order valence-corrected chi connectivity index (χ1v) is 10.00. The van der Waals surface area contributed by atoms with Crippen LogP contribution in [-0.2, 0) is 0 Å². The molecule has 3 aromatic carbocycles. The van der Waals surface area contributed by atoms with Crippen molar-refractivity contribution in [3.8, 4) is 11.5 Å². The highest BCUT2D eigenvalue weighted by Crippen LogP contribution is 2.55. The average Bonchev–Trinajstić information content (AvgIpc) is 3.08. The molecule has 3 unspecified atom stereocenters. The van der Waals surface area contributed by atoms with Crippen LogP contribution in [0.3, 0.4) is 0 Å². The van der Waals surface area contributed by atoms with E-state index >= 15 is 0 Å². The number of nitrogens with zero attached hydrogens (tertiary/aromatic N) is 2. The van der Waals surface area contributed by atoms with Crippen LogP contribution in [0.25, 0.3) is 0 Å². The van der Waals surface area contributed by atoms with Gasteiger partial charge in [0.25, 0.3) is 11.6 Å². The van der Waals surface area contributed by atoms with E-state index in [4.69, 9.17) is 4.74 Å². The van der Waals surface area contributed by atoms with Gasteiger partial charge in [0.2, 0.25) is 0 Å². The first-order valence-electron chi connectivity index (χ1n) is 10.00. The molecule has 0 saturated heterocycles. The van der Waals surface area contributed by atoms with Crippen molar-refractivity contribution in [2.75, 3.05) is 12.0 Å². The fourth-order valence-corrected chi connectivity index (χ4v) is 5.08. The normalized spacial score (nSPS) is 21.3. The summed E-state index contributed by atoms with van der Waals surface area (Å²) in [5.74, 6) is -0.0377. The Labute approximate surface area is 178 Å². The van der Waals surface area contributed by atoms with E-state index < -0.39 is 4.92 Å². The number of phenolic OH excluding ortho intramolecular Hbond substituents is 1. The molecule has 1 N–H and O–H groups in total. The van der Waals surface area contributed by atoms with E-state index in [-0.39, 0.29) is 35.2 Å². The van der Waals surface area contributed by atoms with Crippen LogP contribution in [-0.4, -0.2) is 23.0 Å². The number of anilines is 1. The first kappa shape index (κ1) is 19.1. The minimum atomic E-state index is -0.425. The predicted octanol–water partition coefficient (Wildman–Crippen LogP) is 4.79. The number of benzene rings is 3. The second-order valence-corrected chi connectivity index (χ2v) is 7.98. The number of hydrogen-bond acceptors (Lipinski definition) is 5. The zero-order chi connectivity index (χ0) is 21.9. The van der Waals surface area contributed by atoms with Crippen molar-refractivity contribution in [3.05, 3.63) is 93.0 Å². The Morgan fingerprint density at radius 2 is 1.84 bits per heavy atom. The Morgan fingerprint density at radius 3 is 2.58 bits per heavy atom. The van der Waals surface area contributed by atoms with Crippen LogP contribution in [0.4, 0.5) is 11.4 Å². The lowest BCUT2D eigenvalue weighted by Crippen LogP contribution is -2.39. The smallest absolute Gasteiger partial charge is 0.269 e. The summed E-state index contributed by atoms with van der Waals surface area (Å²) < 4.78 is 5.30. The molecule has 2 aliphatic rings. The summed E-state index contributed by atoms with van der Waals surface area (Å²) in [6.45, 7) is 2.05. The van der Waals surface area contributed by atoms with Crippen molar-refractivity contribution < 1.29 is 19.6 Å². The van der Waals surface area contributed by atoms with Crippen molar-refractivity contribution in [1.82, 2.24) is 0 Å². The van der Waals surface area contributed by atoms with Crippen LogP contribution in [0.15, 0.2) is 60.7 Å². The van der Waals surface area contributed by atoms with E-state index in [9.17, 15) is 20.0 Å². The number of rotatable bonds is 3. The Bertz CT molecular complexity index is 1240. The van der Waals surface area contributed by atoms with E-state index in [0.29, 0.717) is 22.6 Å². The van der Waals surface area contributed by atoms with Crippen molar-refractivity contribution in [1.29, 1.82) is 0 Å². The number of aromatic hydroxyl groups is 1. The SMILES string of the molecule is COc1cc(C2c3cc([N+](=O)[O-])ccc3N3C(=O)c4ccccc4C3C2C)ccc1O. The number of carbonyl (C=O) groups is 1. The van der Waals surface area contributed by atoms with Gasteiger partial charge >= 0.3 is 0 Å². The topological polar surface area (TPSA) is 92.9 Å². The van der Waals surface area contributed by atoms with E-state index in [1.165, 1.54) is 13.2 Å². The highest BCUT2D eigenvalue weighted by atomic mass is 16.6. The molecule has 5 rings (SSSR count). The minimum absolute atomic E-state index is 0.0238. The second kappa shape index (κ2) is 6.84. The van der Waals surface area contributed by atoms with Crippen molar-refractivity contribution in [2.24, 2.45) is 5.92 Å². The van der Waals surface area contributed by atoms with Gasteiger partial charge < -0.3 is 14.7 Å². The number of fused-ring (bicyclic) bond motifs is 5. The van der Waals surface area contributed by atoms with Crippen LogP contribution in [0, 0.1) is 16.0 Å². The van der Waals surface area contributed by atoms with E-state index in [0.717, 1.165) is 11.1 Å². The van der Waals surface area contributed by atoms with Gasteiger partial charge in [0.1, 0.15) is 0 Å². The standard InChI is InChI=1S/C24H20N2O5/c1-13-22(14-7-10-20(27)21(11-14)31-2)18-12-15(26(29)30)8-9-19(18)25-23(13)16-5-3-4-6-17(16)24(25)28/h3-13,22-23,27H,1-2H3. The Kier molecular flexibility index (Phi) is 4.22. The van der Waals surface area contributed by atoms with Gasteiger partial charge in [-0.15, -0.1) is 0 Å². The molecule has 0 spiro atoms. The number of methoxy groups -OCH3 is 1. The lowest BCUT2D eigenvalue weighted by atomic mass is 9.72. The van der Waals surface area contributed by atoms with E-state index in [1.807, 2.05) is 24.3 Å². The maximum absolute atomic E-state index is 13.3. The third-order valence-electron chi connectivity index (χ3n) is 6.41. The summed E-state index contributed by atoms with van der Waals surface area (Å²) >= 11 is 0. The zero-order valence-corrected chi connectivity index (χ0v) is 17.0. The Hall–Kier alpha value is -3.87. The lowest BCUT2D eigenvalue weighted by Gasteiger charge is -2.42. The maximum Gasteiger partial charge on any atom is 0.269 e. The molecule has 31 heavy (non-hydrogen) atoms. The third-order valence-corrected chi connectivity index (χ3v) is 6.41. The van der Waals surface area contributed by atoms with Gasteiger partial charge in [-0.3, -0.25) is 14.9 Å². The Morgan fingerprint density at radius 1 is 1.06 bits per heavy atom. The molecule has 3 atom stereocenters. The van der Waals surface area contributed by atoms with Gasteiger partial charge in [-0.1, -0.05) is 31.2 Å². The van der Waals surface area contributed by atoms with Crippen LogP contribution in [0.5, 0.6) is 11.5 Å². The quantitative estimate of drug-likeness (QED) is 0.489. The minimum Gasteiger partial charge on any atom is -0.504 e. The third kappa shape index (κ3) is 2.70. The molecule has 2 heterocycles. The zero-order valence-electron chi connectivity index (χ0n) is 17.0. The largest absolute Gasteiger partial charge is 0.504 e. The average molecular weight is 416 g/mol. The molecule has 1 amide bonds. The molecule has 7 heteroatoms. The van der Waals surface area contributed by atoms with Gasteiger partial charge in [0.15, 0.2) is 11.5 Å². The van der Waals surface area contributed by atoms with Crippen LogP contribution < -0.4 is 9.64 Å². The monoisotopic (exact) mass is 416 g/mol. The summed E-state index contributed by atoms with van der Waals surface area (Å²) in [5.41, 5.74) is 3.84. The lowest BCUT2D eigenvalue weighted by molar-refractivity contribution is -0.384. The van der Waals surface area contributed by atoms with Gasteiger partial charge in [-0.05, 0) is 46.9 Å². The second-order valence-electron chi connectivity index (χ2n) is 7.98. The summed E-state index contributed by atoms with van der Waals surface area (Å²) in [7, 11) is 1.48. The van der Waals surface area contributed by atoms with Crippen molar-refractivity contribution in [3.63, 3.8) is 0 Å². The highest BCUT2D eigenvalue weighted by molar-refractivity contribution is 6.12. The summed E-state index contributed by atoms with van der Waals surface area (Å²) in [4.78, 5) is 26.1. The number of carbonyl (C=O) groups excluding carboxylic acids is 1. The van der Waals surface area contributed by atoms with Gasteiger partial charge in [-0.25, -0.2) is 0 Å². The first-order chi connectivity index (χ1) is 14.9. The number of nitro benzene ring substituents is 1. The van der Waals surface area contributed by atoms with Crippen LogP contribution in [0.1, 0.15) is 45.9 Å². The molecule has 0 saturated carbocycles. The predicted molar refractivity (Wildman–Crippen MR) is 115 cm³/mol. The molecular weight excluding hydrogens is 396 g/mol. The fourth-order valence-electron chi connectivity index (χ4n) is 5.08. The van der Waals surface area contributed by atoms with Crippen LogP contribution in [0.2, 0.25) is 0 Å². The molecule has 7 nitrogen and oxygen atoms in total.